The molecule has 2 aromatic heterocycles. The zero-order valence-corrected chi connectivity index (χ0v) is 35.9. The van der Waals surface area contributed by atoms with Crippen LogP contribution in [0.25, 0.3) is 34.7 Å². The molecule has 4 saturated heterocycles. The van der Waals surface area contributed by atoms with Crippen molar-refractivity contribution in [3.05, 3.63) is 93.8 Å². The van der Waals surface area contributed by atoms with Gasteiger partial charge in [-0.2, -0.15) is 0 Å². The molecule has 4 fully saturated rings. The van der Waals surface area contributed by atoms with Crippen LogP contribution in [0.3, 0.4) is 0 Å². The van der Waals surface area contributed by atoms with Crippen molar-refractivity contribution in [1.82, 2.24) is 40.8 Å². The lowest BCUT2D eigenvalue weighted by molar-refractivity contribution is -0.139. The summed E-state index contributed by atoms with van der Waals surface area (Å²) in [5.74, 6) is -0.363. The molecule has 2 aromatic carbocycles. The Kier molecular flexibility index (Phi) is 13.7. The monoisotopic (exact) mass is 882 g/mol. The zero-order chi connectivity index (χ0) is 44.0. The minimum Gasteiger partial charge on any atom is -0.354 e. The number of carbonyl (C=O) groups excluding carboxylic acids is 5. The summed E-state index contributed by atoms with van der Waals surface area (Å²) >= 11 is 1.63. The number of nitrogens with one attached hydrogen (secondary N) is 3. The van der Waals surface area contributed by atoms with Gasteiger partial charge in [-0.15, -0.1) is 0 Å². The van der Waals surface area contributed by atoms with E-state index in [1.54, 1.807) is 42.7 Å². The van der Waals surface area contributed by atoms with Crippen LogP contribution in [0.1, 0.15) is 44.7 Å². The van der Waals surface area contributed by atoms with E-state index in [9.17, 15) is 32.8 Å². The van der Waals surface area contributed by atoms with Gasteiger partial charge in [0.25, 0.3) is 22.3 Å². The summed E-state index contributed by atoms with van der Waals surface area (Å²) in [4.78, 5) is 83.3. The van der Waals surface area contributed by atoms with Gasteiger partial charge in [0.05, 0.1) is 46.0 Å². The Labute approximate surface area is 365 Å². The van der Waals surface area contributed by atoms with Gasteiger partial charge in [-0.1, -0.05) is 32.9 Å². The second-order valence-electron chi connectivity index (χ2n) is 15.7. The molecule has 6 heterocycles. The molecule has 4 aromatic rings. The molecule has 0 saturated carbocycles. The second-order valence-corrected chi connectivity index (χ2v) is 17.7. The highest BCUT2D eigenvalue weighted by atomic mass is 32.2. The van der Waals surface area contributed by atoms with E-state index in [0.717, 1.165) is 62.5 Å². The number of aromatic nitrogens is 4. The quantitative estimate of drug-likeness (QED) is 0.189. The van der Waals surface area contributed by atoms with Gasteiger partial charge in [0.2, 0.25) is 5.91 Å². The van der Waals surface area contributed by atoms with Crippen molar-refractivity contribution in [2.75, 3.05) is 62.2 Å². The van der Waals surface area contributed by atoms with Crippen LogP contribution in [-0.4, -0.2) is 105 Å². The van der Waals surface area contributed by atoms with Crippen LogP contribution < -0.4 is 25.8 Å². The number of thioether (sulfide) groups is 2. The lowest BCUT2D eigenvalue weighted by atomic mass is 9.94. The summed E-state index contributed by atoms with van der Waals surface area (Å²) in [7, 11) is 0. The maximum absolute atomic E-state index is 14.7. The van der Waals surface area contributed by atoms with Crippen LogP contribution in [0.4, 0.5) is 30.0 Å². The van der Waals surface area contributed by atoms with E-state index in [2.05, 4.69) is 45.7 Å². The minimum atomic E-state index is -0.470. The third kappa shape index (κ3) is 10.9. The van der Waals surface area contributed by atoms with Crippen molar-refractivity contribution in [3.63, 3.8) is 0 Å². The Bertz CT molecular complexity index is 2470. The standard InChI is InChI=1S/C24H26FN5O3S.C19H18FN5O2S/c1-24(2,3)22(32)30-8-4-7-29(9-10-30)20-14-26-13-18(27-20)16-11-15(5-6-17(16)25)12-19-21(31)28-23(33)34-19;20-14-3-2-12(9-16-18(26)24-19(27)28-16)8-13(14)15-10-22-11-17(23-15)25-6-1-4-21-5-7-25/h5-6,11-14H,4,7-10H2,1-3H3,(H,28,31,33);2-3,8-11,21H,1,4-7H2,(H,24,26,27)/b19-12-;16-9-. The topological polar surface area (TPSA) is 183 Å². The van der Waals surface area contributed by atoms with Gasteiger partial charge in [0.15, 0.2) is 0 Å². The molecule has 0 aliphatic carbocycles. The molecule has 5 amide bonds. The first-order valence-corrected chi connectivity index (χ1v) is 21.6. The van der Waals surface area contributed by atoms with Gasteiger partial charge in [0, 0.05) is 62.4 Å². The molecule has 0 spiro atoms. The Morgan fingerprint density at radius 3 is 1.68 bits per heavy atom. The summed E-state index contributed by atoms with van der Waals surface area (Å²) in [5, 5.41) is 6.90. The highest BCUT2D eigenvalue weighted by molar-refractivity contribution is 8.18. The first-order valence-electron chi connectivity index (χ1n) is 20.0. The van der Waals surface area contributed by atoms with Gasteiger partial charge < -0.3 is 20.0 Å². The van der Waals surface area contributed by atoms with Crippen LogP contribution in [0.15, 0.2) is 71.0 Å². The summed E-state index contributed by atoms with van der Waals surface area (Å²) in [5.41, 5.74) is 2.08. The Morgan fingerprint density at radius 1 is 0.661 bits per heavy atom. The number of rotatable bonds is 6. The molecule has 0 bridgehead atoms. The van der Waals surface area contributed by atoms with Crippen LogP contribution >= 0.6 is 23.5 Å². The van der Waals surface area contributed by atoms with Crippen molar-refractivity contribution in [3.8, 4) is 22.5 Å². The smallest absolute Gasteiger partial charge is 0.290 e. The number of carbonyl (C=O) groups is 5. The van der Waals surface area contributed by atoms with Crippen molar-refractivity contribution in [1.29, 1.82) is 0 Å². The van der Waals surface area contributed by atoms with E-state index in [-0.39, 0.29) is 21.3 Å². The third-order valence-electron chi connectivity index (χ3n) is 10.1. The van der Waals surface area contributed by atoms with E-state index in [1.165, 1.54) is 30.6 Å². The number of amides is 5. The average molecular weight is 883 g/mol. The molecule has 4 aliphatic heterocycles. The van der Waals surface area contributed by atoms with Crippen LogP contribution in [-0.2, 0) is 14.4 Å². The largest absolute Gasteiger partial charge is 0.354 e. The van der Waals surface area contributed by atoms with E-state index in [0.29, 0.717) is 65.9 Å². The molecule has 3 N–H and O–H groups in total. The minimum absolute atomic E-state index is 0.123. The van der Waals surface area contributed by atoms with E-state index < -0.39 is 39.3 Å². The molecule has 4 aliphatic rings. The molecule has 19 heteroatoms. The fourth-order valence-corrected chi connectivity index (χ4v) is 8.34. The molecular weight excluding hydrogens is 839 g/mol. The fourth-order valence-electron chi connectivity index (χ4n) is 6.98. The number of halogens is 2. The van der Waals surface area contributed by atoms with Crippen molar-refractivity contribution >= 4 is 75.5 Å². The van der Waals surface area contributed by atoms with E-state index in [4.69, 9.17) is 0 Å². The van der Waals surface area contributed by atoms with Crippen molar-refractivity contribution in [2.45, 2.75) is 33.6 Å². The van der Waals surface area contributed by atoms with Gasteiger partial charge in [-0.05, 0) is 90.5 Å². The van der Waals surface area contributed by atoms with E-state index in [1.807, 2.05) is 25.7 Å². The van der Waals surface area contributed by atoms with Gasteiger partial charge in [-0.25, -0.2) is 18.7 Å². The number of benzene rings is 2. The van der Waals surface area contributed by atoms with Crippen LogP contribution in [0.2, 0.25) is 0 Å². The molecular formula is C43H44F2N10O5S2. The number of hydrogen-bond donors (Lipinski definition) is 3. The highest BCUT2D eigenvalue weighted by Gasteiger charge is 2.30. The predicted molar refractivity (Wildman–Crippen MR) is 236 cm³/mol. The predicted octanol–water partition coefficient (Wildman–Crippen LogP) is 6.10. The normalized spacial score (nSPS) is 18.6. The van der Waals surface area contributed by atoms with Crippen molar-refractivity contribution < 1.29 is 32.8 Å². The van der Waals surface area contributed by atoms with Gasteiger partial charge in [0.1, 0.15) is 23.3 Å². The lowest BCUT2D eigenvalue weighted by Gasteiger charge is -2.28. The van der Waals surface area contributed by atoms with Crippen molar-refractivity contribution in [2.24, 2.45) is 5.41 Å². The molecule has 0 atom stereocenters. The zero-order valence-electron chi connectivity index (χ0n) is 34.2. The summed E-state index contributed by atoms with van der Waals surface area (Å²) < 4.78 is 29.2. The second kappa shape index (κ2) is 19.3. The summed E-state index contributed by atoms with van der Waals surface area (Å²) in [6.45, 7) is 11.8. The first-order chi connectivity index (χ1) is 29.7. The number of anilines is 2. The average Bonchev–Trinajstić information content (AvgIpc) is 3.49. The Morgan fingerprint density at radius 2 is 1.18 bits per heavy atom. The summed E-state index contributed by atoms with van der Waals surface area (Å²) in [6, 6.07) is 8.91. The van der Waals surface area contributed by atoms with E-state index >= 15 is 0 Å². The first kappa shape index (κ1) is 44.0. The molecule has 0 radical (unpaired) electrons. The molecule has 62 heavy (non-hydrogen) atoms. The summed E-state index contributed by atoms with van der Waals surface area (Å²) in [6.07, 6.45) is 11.2. The number of hydrogen-bond acceptors (Lipinski definition) is 14. The Hall–Kier alpha value is -6.05. The van der Waals surface area contributed by atoms with Gasteiger partial charge in [-0.3, -0.25) is 44.6 Å². The third-order valence-corrected chi connectivity index (χ3v) is 11.7. The lowest BCUT2D eigenvalue weighted by Crippen LogP contribution is -2.41. The maximum Gasteiger partial charge on any atom is 0.290 e. The highest BCUT2D eigenvalue weighted by Crippen LogP contribution is 2.31. The van der Waals surface area contributed by atoms with Crippen LogP contribution in [0.5, 0.6) is 0 Å². The van der Waals surface area contributed by atoms with Gasteiger partial charge >= 0.3 is 0 Å². The fraction of sp³-hybridized carbons (Fsp3) is 0.326. The SMILES string of the molecule is CC(C)(C)C(=O)N1CCCN(c2cncc(-c3cc(/C=C4\SC(=O)NC4=O)ccc3F)n2)CC1.O=C1NC(=O)/C(=C/c2ccc(F)c(-c3cncc(N4CCCNCC4)n3)c2)S1. The number of nitrogens with zero attached hydrogens (tertiary/aromatic N) is 7. The Balaban J connectivity index is 0.000000190. The molecule has 0 unspecified atom stereocenters. The molecule has 322 valence electrons. The van der Waals surface area contributed by atoms with Crippen LogP contribution in [0, 0.1) is 17.0 Å². The molecule has 8 rings (SSSR count). The molecule has 15 nitrogen and oxygen atoms in total. The number of imide groups is 2. The maximum atomic E-state index is 14.7.